The highest BCUT2D eigenvalue weighted by Gasteiger charge is 2.26. The lowest BCUT2D eigenvalue weighted by Gasteiger charge is -2.27. The molecular weight excluding hydrogens is 292 g/mol. The number of aryl methyl sites for hydroxylation is 1. The molecular formula is C14H24N2O4S. The van der Waals surface area contributed by atoms with Crippen molar-refractivity contribution < 1.29 is 18.6 Å². The molecule has 0 saturated heterocycles. The Morgan fingerprint density at radius 3 is 2.19 bits per heavy atom. The minimum absolute atomic E-state index is 0.0851. The average Bonchev–Trinajstić information content (AvgIpc) is 2.39. The van der Waals surface area contributed by atoms with Crippen LogP contribution in [0.25, 0.3) is 0 Å². The lowest BCUT2D eigenvalue weighted by molar-refractivity contribution is 0.120. The van der Waals surface area contributed by atoms with E-state index in [9.17, 15) is 18.6 Å². The van der Waals surface area contributed by atoms with Crippen LogP contribution >= 0.6 is 0 Å². The van der Waals surface area contributed by atoms with Crippen molar-refractivity contribution in [2.24, 2.45) is 0 Å². The smallest absolute Gasteiger partial charge is 0.211 e. The summed E-state index contributed by atoms with van der Waals surface area (Å²) in [5, 5.41) is 18.5. The van der Waals surface area contributed by atoms with Crippen LogP contribution in [0.5, 0.6) is 0 Å². The van der Waals surface area contributed by atoms with Gasteiger partial charge in [-0.3, -0.25) is 4.98 Å². The molecule has 0 saturated carbocycles. The Balaban J connectivity index is 3.10. The first kappa shape index (κ1) is 18.0. The van der Waals surface area contributed by atoms with Crippen molar-refractivity contribution in [3.63, 3.8) is 0 Å². The van der Waals surface area contributed by atoms with Crippen molar-refractivity contribution in [1.82, 2.24) is 9.29 Å². The molecule has 1 rings (SSSR count). The molecule has 0 fully saturated rings. The molecule has 0 aliphatic heterocycles. The Kier molecular flexibility index (Phi) is 6.27. The molecule has 0 bridgehead atoms. The molecule has 0 radical (unpaired) electrons. The van der Waals surface area contributed by atoms with Crippen LogP contribution < -0.4 is 0 Å². The lowest BCUT2D eigenvalue weighted by atomic mass is 10.1. The highest BCUT2D eigenvalue weighted by Crippen LogP contribution is 2.18. The third kappa shape index (κ3) is 4.74. The number of hydrogen-bond donors (Lipinski definition) is 2. The second kappa shape index (κ2) is 7.31. The Labute approximate surface area is 126 Å². The van der Waals surface area contributed by atoms with Gasteiger partial charge in [0.2, 0.25) is 10.0 Å². The van der Waals surface area contributed by atoms with Gasteiger partial charge < -0.3 is 10.2 Å². The van der Waals surface area contributed by atoms with Gasteiger partial charge in [0, 0.05) is 17.9 Å². The van der Waals surface area contributed by atoms with Crippen LogP contribution in [0.1, 0.15) is 36.7 Å². The maximum absolute atomic E-state index is 11.9. The van der Waals surface area contributed by atoms with E-state index in [-0.39, 0.29) is 6.54 Å². The molecule has 1 heterocycles. The van der Waals surface area contributed by atoms with Gasteiger partial charge in [0.25, 0.3) is 0 Å². The largest absolute Gasteiger partial charge is 0.395 e. The minimum atomic E-state index is -3.54. The molecule has 0 atom stereocenters. The van der Waals surface area contributed by atoms with Gasteiger partial charge >= 0.3 is 0 Å². The summed E-state index contributed by atoms with van der Waals surface area (Å²) in [7, 11) is -3.54. The predicted octanol–water partition coefficient (Wildman–Crippen LogP) is 0.628. The van der Waals surface area contributed by atoms with Crippen LogP contribution in [-0.4, -0.2) is 53.4 Å². The van der Waals surface area contributed by atoms with Gasteiger partial charge in [-0.15, -0.1) is 0 Å². The Morgan fingerprint density at radius 2 is 1.81 bits per heavy atom. The van der Waals surface area contributed by atoms with E-state index in [2.05, 4.69) is 4.98 Å². The van der Waals surface area contributed by atoms with Gasteiger partial charge in [-0.1, -0.05) is 19.9 Å². The fourth-order valence-corrected chi connectivity index (χ4v) is 3.07. The second-order valence-corrected chi connectivity index (χ2v) is 7.40. The summed E-state index contributed by atoms with van der Waals surface area (Å²) in [6.07, 6.45) is 1.07. The normalized spacial score (nSPS) is 12.6. The van der Waals surface area contributed by atoms with Crippen molar-refractivity contribution >= 4 is 10.0 Å². The molecule has 120 valence electrons. The summed E-state index contributed by atoms with van der Waals surface area (Å²) in [6.45, 7) is 5.13. The summed E-state index contributed by atoms with van der Waals surface area (Å²) < 4.78 is 24.8. The molecule has 0 aliphatic carbocycles. The first-order chi connectivity index (χ1) is 9.70. The highest BCUT2D eigenvalue weighted by atomic mass is 32.2. The molecule has 7 heteroatoms. The molecule has 0 aromatic carbocycles. The van der Waals surface area contributed by atoms with E-state index in [1.54, 1.807) is 0 Å². The fourth-order valence-electron chi connectivity index (χ4n) is 2.02. The average molecular weight is 316 g/mol. The first-order valence-corrected chi connectivity index (χ1v) is 8.70. The standard InChI is InChI=1S/C14H24N2O4S/c1-10(2)14-6-5-12(11(3)15-14)7-16(21(4,19)20)13(8-17)9-18/h5-6,10,13,17-18H,7-9H2,1-4H3. The summed E-state index contributed by atoms with van der Waals surface area (Å²) in [5.74, 6) is 0.298. The van der Waals surface area contributed by atoms with Crippen molar-refractivity contribution in [3.8, 4) is 0 Å². The van der Waals surface area contributed by atoms with Crippen LogP contribution in [0.3, 0.4) is 0 Å². The number of aliphatic hydroxyl groups is 2. The zero-order valence-electron chi connectivity index (χ0n) is 12.9. The highest BCUT2D eigenvalue weighted by molar-refractivity contribution is 7.88. The maximum Gasteiger partial charge on any atom is 0.211 e. The number of nitrogens with zero attached hydrogens (tertiary/aromatic N) is 2. The monoisotopic (exact) mass is 316 g/mol. The molecule has 21 heavy (non-hydrogen) atoms. The number of aromatic nitrogens is 1. The number of pyridine rings is 1. The van der Waals surface area contributed by atoms with Gasteiger partial charge in [0.1, 0.15) is 0 Å². The SMILES string of the molecule is Cc1nc(C(C)C)ccc1CN(C(CO)CO)S(C)(=O)=O. The van der Waals surface area contributed by atoms with E-state index in [0.717, 1.165) is 27.5 Å². The van der Waals surface area contributed by atoms with E-state index in [1.807, 2.05) is 32.9 Å². The number of sulfonamides is 1. The Morgan fingerprint density at radius 1 is 1.24 bits per heavy atom. The van der Waals surface area contributed by atoms with E-state index in [0.29, 0.717) is 5.92 Å². The minimum Gasteiger partial charge on any atom is -0.395 e. The van der Waals surface area contributed by atoms with Crippen molar-refractivity contribution in [2.75, 3.05) is 19.5 Å². The van der Waals surface area contributed by atoms with Gasteiger partial charge in [-0.05, 0) is 24.5 Å². The quantitative estimate of drug-likeness (QED) is 0.770. The van der Waals surface area contributed by atoms with Gasteiger partial charge in [-0.2, -0.15) is 4.31 Å². The third-order valence-electron chi connectivity index (χ3n) is 3.39. The maximum atomic E-state index is 11.9. The number of rotatable bonds is 7. The number of aliphatic hydroxyl groups excluding tert-OH is 2. The number of hydrogen-bond acceptors (Lipinski definition) is 5. The summed E-state index contributed by atoms with van der Waals surface area (Å²) in [4.78, 5) is 4.47. The molecule has 6 nitrogen and oxygen atoms in total. The lowest BCUT2D eigenvalue weighted by Crippen LogP contribution is -2.43. The Bertz CT molecular complexity index is 568. The summed E-state index contributed by atoms with van der Waals surface area (Å²) >= 11 is 0. The topological polar surface area (TPSA) is 90.7 Å². The molecule has 0 unspecified atom stereocenters. The van der Waals surface area contributed by atoms with Gasteiger partial charge in [0.05, 0.1) is 25.5 Å². The molecule has 0 aliphatic rings. The van der Waals surface area contributed by atoms with Crippen LogP contribution in [0.15, 0.2) is 12.1 Å². The molecule has 2 N–H and O–H groups in total. The van der Waals surface area contributed by atoms with Crippen molar-refractivity contribution in [2.45, 2.75) is 39.3 Å². The summed E-state index contributed by atoms with van der Waals surface area (Å²) in [6, 6.07) is 2.88. The van der Waals surface area contributed by atoms with Crippen LogP contribution in [0.4, 0.5) is 0 Å². The fraction of sp³-hybridized carbons (Fsp3) is 0.643. The van der Waals surface area contributed by atoms with E-state index >= 15 is 0 Å². The van der Waals surface area contributed by atoms with Crippen LogP contribution in [0.2, 0.25) is 0 Å². The molecule has 1 aromatic rings. The molecule has 1 aromatic heterocycles. The van der Waals surface area contributed by atoms with Gasteiger partial charge in [0.15, 0.2) is 0 Å². The zero-order valence-corrected chi connectivity index (χ0v) is 13.8. The van der Waals surface area contributed by atoms with Crippen LogP contribution in [0, 0.1) is 6.92 Å². The van der Waals surface area contributed by atoms with E-state index < -0.39 is 29.3 Å². The zero-order chi connectivity index (χ0) is 16.2. The predicted molar refractivity (Wildman–Crippen MR) is 81.4 cm³/mol. The summed E-state index contributed by atoms with van der Waals surface area (Å²) in [5.41, 5.74) is 2.46. The first-order valence-electron chi connectivity index (χ1n) is 6.85. The Hall–Kier alpha value is -1.02. The molecule has 0 spiro atoms. The van der Waals surface area contributed by atoms with E-state index in [4.69, 9.17) is 0 Å². The van der Waals surface area contributed by atoms with E-state index in [1.165, 1.54) is 0 Å². The molecule has 0 amide bonds. The van der Waals surface area contributed by atoms with Crippen molar-refractivity contribution in [3.05, 3.63) is 29.1 Å². The van der Waals surface area contributed by atoms with Gasteiger partial charge in [-0.25, -0.2) is 8.42 Å². The van der Waals surface area contributed by atoms with Crippen molar-refractivity contribution in [1.29, 1.82) is 0 Å². The third-order valence-corrected chi connectivity index (χ3v) is 4.67. The van der Waals surface area contributed by atoms with Crippen LogP contribution in [-0.2, 0) is 16.6 Å². The second-order valence-electron chi connectivity index (χ2n) is 5.46.